The smallest absolute Gasteiger partial charge is 0.151 e. The van der Waals surface area contributed by atoms with Gasteiger partial charge in [0.2, 0.25) is 0 Å². The predicted molar refractivity (Wildman–Crippen MR) is 68.5 cm³/mol. The van der Waals surface area contributed by atoms with Crippen molar-refractivity contribution in [2.75, 3.05) is 7.11 Å². The molecule has 0 aromatic carbocycles. The van der Waals surface area contributed by atoms with Gasteiger partial charge < -0.3 is 4.74 Å². The Morgan fingerprint density at radius 2 is 2.33 bits per heavy atom. The molecule has 0 saturated carbocycles. The lowest BCUT2D eigenvalue weighted by Gasteiger charge is -2.04. The topological polar surface area (TPSA) is 65.7 Å². The van der Waals surface area contributed by atoms with E-state index in [1.165, 1.54) is 0 Å². The highest BCUT2D eigenvalue weighted by molar-refractivity contribution is 7.09. The van der Waals surface area contributed by atoms with Crippen LogP contribution in [0, 0.1) is 0 Å². The molecule has 0 aliphatic heterocycles. The van der Waals surface area contributed by atoms with Gasteiger partial charge in [-0.2, -0.15) is 0 Å². The summed E-state index contributed by atoms with van der Waals surface area (Å²) in [7, 11) is 1.69. The van der Waals surface area contributed by atoms with E-state index in [1.54, 1.807) is 23.1 Å². The Kier molecular flexibility index (Phi) is 4.38. The Hall–Kier alpha value is -1.34. The monoisotopic (exact) mass is 267 g/mol. The Morgan fingerprint density at radius 1 is 1.50 bits per heavy atom. The molecule has 0 spiro atoms. The molecule has 0 radical (unpaired) electrons. The minimum absolute atomic E-state index is 0.0349. The highest BCUT2D eigenvalue weighted by Gasteiger charge is 2.11. The van der Waals surface area contributed by atoms with Crippen molar-refractivity contribution >= 4 is 11.3 Å². The van der Waals surface area contributed by atoms with Gasteiger partial charge in [0.15, 0.2) is 5.82 Å². The zero-order chi connectivity index (χ0) is 13.0. The Morgan fingerprint density at radius 3 is 3.06 bits per heavy atom. The highest BCUT2D eigenvalue weighted by Crippen LogP contribution is 2.20. The van der Waals surface area contributed by atoms with Crippen LogP contribution >= 0.6 is 11.3 Å². The van der Waals surface area contributed by atoms with Gasteiger partial charge in [0.25, 0.3) is 0 Å². The first kappa shape index (κ1) is 13.1. The molecule has 0 aliphatic rings. The molecular weight excluding hydrogens is 250 g/mol. The summed E-state index contributed by atoms with van der Waals surface area (Å²) in [6.45, 7) is 4.72. The number of hydrogen-bond donors (Lipinski definition) is 0. The number of aromatic nitrogens is 5. The summed E-state index contributed by atoms with van der Waals surface area (Å²) in [5.74, 6) is 0.909. The fourth-order valence-corrected chi connectivity index (χ4v) is 2.43. The van der Waals surface area contributed by atoms with E-state index in [0.29, 0.717) is 6.54 Å². The van der Waals surface area contributed by atoms with Crippen molar-refractivity contribution in [1.82, 2.24) is 25.2 Å². The second kappa shape index (κ2) is 6.01. The Balaban J connectivity index is 2.09. The average molecular weight is 267 g/mol. The molecular formula is C11H17N5OS. The van der Waals surface area contributed by atoms with Gasteiger partial charge in [-0.3, -0.25) is 0 Å². The van der Waals surface area contributed by atoms with Crippen LogP contribution in [0.15, 0.2) is 5.38 Å². The maximum atomic E-state index is 5.25. The van der Waals surface area contributed by atoms with Crippen LogP contribution in [-0.2, 0) is 17.7 Å². The zero-order valence-electron chi connectivity index (χ0n) is 10.8. The molecule has 2 aromatic heterocycles. The third-order valence-corrected chi connectivity index (χ3v) is 3.72. The summed E-state index contributed by atoms with van der Waals surface area (Å²) in [5, 5.41) is 14.7. The average Bonchev–Trinajstić information content (AvgIpc) is 3.00. The number of nitrogens with zero attached hydrogens (tertiary/aromatic N) is 5. The van der Waals surface area contributed by atoms with Crippen LogP contribution in [0.1, 0.15) is 42.9 Å². The quantitative estimate of drug-likeness (QED) is 0.799. The van der Waals surface area contributed by atoms with Crippen LogP contribution in [0.25, 0.3) is 0 Å². The minimum Gasteiger partial charge on any atom is -0.375 e. The highest BCUT2D eigenvalue weighted by atomic mass is 32.1. The SMILES string of the molecule is CCCc1nnnn1Cc1csc([C@H](C)OC)n1. The first-order valence-electron chi connectivity index (χ1n) is 5.96. The Labute approximate surface area is 110 Å². The molecule has 0 fully saturated rings. The molecule has 98 valence electrons. The van der Waals surface area contributed by atoms with Gasteiger partial charge in [-0.1, -0.05) is 6.92 Å². The van der Waals surface area contributed by atoms with Crippen LogP contribution in [0.3, 0.4) is 0 Å². The molecule has 2 aromatic rings. The molecule has 18 heavy (non-hydrogen) atoms. The lowest BCUT2D eigenvalue weighted by atomic mass is 10.3. The third kappa shape index (κ3) is 2.91. The molecule has 6 nitrogen and oxygen atoms in total. The number of thiazole rings is 1. The lowest BCUT2D eigenvalue weighted by molar-refractivity contribution is 0.119. The first-order chi connectivity index (χ1) is 8.74. The summed E-state index contributed by atoms with van der Waals surface area (Å²) >= 11 is 1.61. The molecule has 0 unspecified atom stereocenters. The molecule has 0 bridgehead atoms. The number of hydrogen-bond acceptors (Lipinski definition) is 6. The number of methoxy groups -OCH3 is 1. The summed E-state index contributed by atoms with van der Waals surface area (Å²) in [5.41, 5.74) is 0.976. The van der Waals surface area contributed by atoms with Crippen molar-refractivity contribution in [2.45, 2.75) is 39.3 Å². The van der Waals surface area contributed by atoms with Crippen molar-refractivity contribution in [3.05, 3.63) is 21.9 Å². The maximum Gasteiger partial charge on any atom is 0.151 e. The van der Waals surface area contributed by atoms with E-state index in [1.807, 2.05) is 12.3 Å². The van der Waals surface area contributed by atoms with Crippen LogP contribution in [0.4, 0.5) is 0 Å². The molecule has 2 rings (SSSR count). The van der Waals surface area contributed by atoms with Gasteiger partial charge in [0, 0.05) is 18.9 Å². The maximum absolute atomic E-state index is 5.25. The fraction of sp³-hybridized carbons (Fsp3) is 0.636. The van der Waals surface area contributed by atoms with Gasteiger partial charge >= 0.3 is 0 Å². The van der Waals surface area contributed by atoms with Crippen molar-refractivity contribution in [3.8, 4) is 0 Å². The standard InChI is InChI=1S/C11H17N5OS/c1-4-5-10-13-14-15-16(10)6-9-7-18-11(12-9)8(2)17-3/h7-8H,4-6H2,1-3H3/t8-/m0/s1. The first-order valence-corrected chi connectivity index (χ1v) is 6.84. The van der Waals surface area contributed by atoms with E-state index in [9.17, 15) is 0 Å². The zero-order valence-corrected chi connectivity index (χ0v) is 11.6. The molecule has 0 saturated heterocycles. The summed E-state index contributed by atoms with van der Waals surface area (Å²) in [6, 6.07) is 0. The predicted octanol–water partition coefficient (Wildman–Crippen LogP) is 1.84. The number of rotatable bonds is 6. The summed E-state index contributed by atoms with van der Waals surface area (Å²) in [4.78, 5) is 4.53. The largest absolute Gasteiger partial charge is 0.375 e. The van der Waals surface area contributed by atoms with Crippen molar-refractivity contribution in [2.24, 2.45) is 0 Å². The molecule has 2 heterocycles. The molecule has 0 amide bonds. The molecule has 0 aliphatic carbocycles. The normalized spacial score (nSPS) is 12.8. The third-order valence-electron chi connectivity index (χ3n) is 2.66. The Bertz CT molecular complexity index is 495. The van der Waals surface area contributed by atoms with Gasteiger partial charge in [0.05, 0.1) is 12.2 Å². The van der Waals surface area contributed by atoms with E-state index < -0.39 is 0 Å². The van der Waals surface area contributed by atoms with Crippen LogP contribution in [0.5, 0.6) is 0 Å². The second-order valence-electron chi connectivity index (χ2n) is 4.06. The van der Waals surface area contributed by atoms with Crippen molar-refractivity contribution in [3.63, 3.8) is 0 Å². The van der Waals surface area contributed by atoms with Crippen LogP contribution in [-0.4, -0.2) is 32.3 Å². The van der Waals surface area contributed by atoms with Crippen LogP contribution in [0.2, 0.25) is 0 Å². The second-order valence-corrected chi connectivity index (χ2v) is 4.95. The van der Waals surface area contributed by atoms with Crippen molar-refractivity contribution in [1.29, 1.82) is 0 Å². The fourth-order valence-electron chi connectivity index (χ4n) is 1.58. The summed E-state index contributed by atoms with van der Waals surface area (Å²) < 4.78 is 7.05. The number of tetrazole rings is 1. The van der Waals surface area contributed by atoms with Gasteiger partial charge in [-0.05, 0) is 23.8 Å². The summed E-state index contributed by atoms with van der Waals surface area (Å²) in [6.07, 6.45) is 1.95. The van der Waals surface area contributed by atoms with Gasteiger partial charge in [0.1, 0.15) is 11.1 Å². The molecule has 7 heteroatoms. The molecule has 1 atom stereocenters. The van der Waals surface area contributed by atoms with Gasteiger partial charge in [-0.25, -0.2) is 9.67 Å². The van der Waals surface area contributed by atoms with Crippen LogP contribution < -0.4 is 0 Å². The van der Waals surface area contributed by atoms with E-state index in [4.69, 9.17) is 4.74 Å². The van der Waals surface area contributed by atoms with E-state index in [-0.39, 0.29) is 6.10 Å². The van der Waals surface area contributed by atoms with Crippen molar-refractivity contribution < 1.29 is 4.74 Å². The van der Waals surface area contributed by atoms with Gasteiger partial charge in [-0.15, -0.1) is 16.4 Å². The van der Waals surface area contributed by atoms with E-state index in [2.05, 4.69) is 27.4 Å². The number of ether oxygens (including phenoxy) is 1. The lowest BCUT2D eigenvalue weighted by Crippen LogP contribution is -2.07. The molecule has 0 N–H and O–H groups in total. The van der Waals surface area contributed by atoms with E-state index >= 15 is 0 Å². The van der Waals surface area contributed by atoms with E-state index in [0.717, 1.165) is 29.4 Å². The number of aryl methyl sites for hydroxylation is 1. The minimum atomic E-state index is 0.0349.